The summed E-state index contributed by atoms with van der Waals surface area (Å²) >= 11 is 0. The Morgan fingerprint density at radius 3 is 2.80 bits per heavy atom. The van der Waals surface area contributed by atoms with E-state index in [1.165, 1.54) is 0 Å². The number of carbonyl (C=O) groups excluding carboxylic acids is 1. The topological polar surface area (TPSA) is 32.3 Å². The molecule has 3 heteroatoms. The smallest absolute Gasteiger partial charge is 0.224 e. The van der Waals surface area contributed by atoms with E-state index in [-0.39, 0.29) is 11.8 Å². The van der Waals surface area contributed by atoms with Crippen molar-refractivity contribution in [3.8, 4) is 0 Å². The molecule has 1 saturated heterocycles. The normalized spacial score (nSPS) is 26.8. The number of carbonyl (C=O) groups is 1. The largest absolute Gasteiger partial charge is 0.359 e. The Balaban J connectivity index is 2.37. The van der Waals surface area contributed by atoms with Gasteiger partial charge in [0.2, 0.25) is 5.91 Å². The van der Waals surface area contributed by atoms with Crippen LogP contribution in [-0.2, 0) is 4.79 Å². The molecular formula is C7H14N2O. The third-order valence-electron chi connectivity index (χ3n) is 2.01. The van der Waals surface area contributed by atoms with E-state index in [0.29, 0.717) is 0 Å². The van der Waals surface area contributed by atoms with E-state index in [4.69, 9.17) is 0 Å². The van der Waals surface area contributed by atoms with Crippen LogP contribution in [0.2, 0.25) is 0 Å². The minimum absolute atomic E-state index is 0.185. The highest BCUT2D eigenvalue weighted by molar-refractivity contribution is 5.78. The summed E-state index contributed by atoms with van der Waals surface area (Å²) in [4.78, 5) is 13.2. The first-order valence-electron chi connectivity index (χ1n) is 3.64. The summed E-state index contributed by atoms with van der Waals surface area (Å²) in [5.74, 6) is 0.416. The molecule has 0 bridgehead atoms. The van der Waals surface area contributed by atoms with Crippen molar-refractivity contribution in [3.05, 3.63) is 0 Å². The molecule has 0 aromatic carbocycles. The van der Waals surface area contributed by atoms with Gasteiger partial charge in [0, 0.05) is 13.6 Å². The lowest BCUT2D eigenvalue weighted by Gasteiger charge is -2.07. The Bertz CT molecular complexity index is 136. The number of nitrogens with zero attached hydrogens (tertiary/aromatic N) is 1. The lowest BCUT2D eigenvalue weighted by molar-refractivity contribution is -0.124. The number of hydrogen-bond donors (Lipinski definition) is 1. The zero-order chi connectivity index (χ0) is 7.56. The van der Waals surface area contributed by atoms with Crippen LogP contribution in [0.25, 0.3) is 0 Å². The molecule has 0 spiro atoms. The van der Waals surface area contributed by atoms with Crippen LogP contribution in [0, 0.1) is 5.92 Å². The number of hydrogen-bond acceptors (Lipinski definition) is 2. The highest BCUT2D eigenvalue weighted by Crippen LogP contribution is 2.13. The van der Waals surface area contributed by atoms with Gasteiger partial charge in [-0.1, -0.05) is 0 Å². The fraction of sp³-hybridized carbons (Fsp3) is 0.857. The van der Waals surface area contributed by atoms with E-state index in [2.05, 4.69) is 10.2 Å². The number of rotatable bonds is 1. The third kappa shape index (κ3) is 1.48. The number of amides is 1. The maximum Gasteiger partial charge on any atom is 0.224 e. The van der Waals surface area contributed by atoms with Gasteiger partial charge >= 0.3 is 0 Å². The molecule has 1 aliphatic rings. The standard InChI is InChI=1S/C7H14N2O/c1-8-7(10)6-3-4-9(2)5-6/h6H,3-5H2,1-2H3,(H,8,10). The molecule has 1 fully saturated rings. The van der Waals surface area contributed by atoms with E-state index in [1.807, 2.05) is 7.05 Å². The molecular weight excluding hydrogens is 128 g/mol. The molecule has 1 amide bonds. The van der Waals surface area contributed by atoms with Crippen LogP contribution in [0.3, 0.4) is 0 Å². The van der Waals surface area contributed by atoms with Gasteiger partial charge in [0.25, 0.3) is 0 Å². The van der Waals surface area contributed by atoms with Crippen LogP contribution in [0.1, 0.15) is 6.42 Å². The molecule has 1 rings (SSSR count). The summed E-state index contributed by atoms with van der Waals surface area (Å²) in [5.41, 5.74) is 0. The van der Waals surface area contributed by atoms with E-state index in [0.717, 1.165) is 19.5 Å². The van der Waals surface area contributed by atoms with Crippen molar-refractivity contribution in [3.63, 3.8) is 0 Å². The van der Waals surface area contributed by atoms with Crippen LogP contribution < -0.4 is 5.32 Å². The van der Waals surface area contributed by atoms with Gasteiger partial charge in [0.15, 0.2) is 0 Å². The zero-order valence-electron chi connectivity index (χ0n) is 6.55. The molecule has 0 radical (unpaired) electrons. The van der Waals surface area contributed by atoms with Crippen molar-refractivity contribution in [2.24, 2.45) is 5.92 Å². The molecule has 0 aromatic rings. The van der Waals surface area contributed by atoms with Crippen molar-refractivity contribution in [1.82, 2.24) is 10.2 Å². The maximum atomic E-state index is 11.0. The summed E-state index contributed by atoms with van der Waals surface area (Å²) in [6.45, 7) is 1.97. The van der Waals surface area contributed by atoms with Gasteiger partial charge in [-0.25, -0.2) is 0 Å². The first kappa shape index (κ1) is 7.54. The maximum absolute atomic E-state index is 11.0. The van der Waals surface area contributed by atoms with Crippen LogP contribution in [0.4, 0.5) is 0 Å². The summed E-state index contributed by atoms with van der Waals surface area (Å²) in [7, 11) is 3.74. The first-order chi connectivity index (χ1) is 4.74. The van der Waals surface area contributed by atoms with Gasteiger partial charge in [-0.05, 0) is 20.0 Å². The lowest BCUT2D eigenvalue weighted by atomic mass is 10.1. The van der Waals surface area contributed by atoms with Gasteiger partial charge in [-0.2, -0.15) is 0 Å². The Morgan fingerprint density at radius 2 is 2.40 bits per heavy atom. The van der Waals surface area contributed by atoms with E-state index in [9.17, 15) is 4.79 Å². The molecule has 1 atom stereocenters. The summed E-state index contributed by atoms with van der Waals surface area (Å²) in [6, 6.07) is 0. The summed E-state index contributed by atoms with van der Waals surface area (Å²) in [6.07, 6.45) is 1.01. The second-order valence-electron chi connectivity index (χ2n) is 2.86. The molecule has 3 nitrogen and oxygen atoms in total. The van der Waals surface area contributed by atoms with Crippen LogP contribution in [0.5, 0.6) is 0 Å². The highest BCUT2D eigenvalue weighted by Gasteiger charge is 2.24. The summed E-state index contributed by atoms with van der Waals surface area (Å²) in [5, 5.41) is 2.66. The Labute approximate surface area is 61.4 Å². The molecule has 0 aliphatic carbocycles. The van der Waals surface area contributed by atoms with E-state index < -0.39 is 0 Å². The molecule has 1 unspecified atom stereocenters. The van der Waals surface area contributed by atoms with Crippen molar-refractivity contribution in [2.45, 2.75) is 6.42 Å². The van der Waals surface area contributed by atoms with Gasteiger partial charge in [-0.15, -0.1) is 0 Å². The van der Waals surface area contributed by atoms with Crippen molar-refractivity contribution in [2.75, 3.05) is 27.2 Å². The SMILES string of the molecule is CNC(=O)C1CCN(C)C1. The quantitative estimate of drug-likeness (QED) is 0.544. The highest BCUT2D eigenvalue weighted by atomic mass is 16.1. The molecule has 10 heavy (non-hydrogen) atoms. The molecule has 1 heterocycles. The van der Waals surface area contributed by atoms with Crippen LogP contribution >= 0.6 is 0 Å². The van der Waals surface area contributed by atoms with Crippen molar-refractivity contribution < 1.29 is 4.79 Å². The summed E-state index contributed by atoms with van der Waals surface area (Å²) < 4.78 is 0. The minimum atomic E-state index is 0.185. The average Bonchev–Trinajstić information content (AvgIpc) is 2.34. The molecule has 1 N–H and O–H groups in total. The average molecular weight is 142 g/mol. The predicted molar refractivity (Wildman–Crippen MR) is 39.7 cm³/mol. The van der Waals surface area contributed by atoms with Gasteiger partial charge in [-0.3, -0.25) is 4.79 Å². The molecule has 1 aliphatic heterocycles. The van der Waals surface area contributed by atoms with Gasteiger partial charge in [0.05, 0.1) is 5.92 Å². The Hall–Kier alpha value is -0.570. The van der Waals surface area contributed by atoms with Gasteiger partial charge in [0.1, 0.15) is 0 Å². The second kappa shape index (κ2) is 3.01. The second-order valence-corrected chi connectivity index (χ2v) is 2.86. The zero-order valence-corrected chi connectivity index (χ0v) is 6.55. The predicted octanol–water partition coefficient (Wildman–Crippen LogP) is -0.316. The monoisotopic (exact) mass is 142 g/mol. The molecule has 0 aromatic heterocycles. The number of likely N-dealkylation sites (tertiary alicyclic amines) is 1. The minimum Gasteiger partial charge on any atom is -0.359 e. The molecule has 58 valence electrons. The van der Waals surface area contributed by atoms with Crippen molar-refractivity contribution in [1.29, 1.82) is 0 Å². The van der Waals surface area contributed by atoms with Crippen molar-refractivity contribution >= 4 is 5.91 Å². The third-order valence-corrected chi connectivity index (χ3v) is 2.01. The Morgan fingerprint density at radius 1 is 1.70 bits per heavy atom. The lowest BCUT2D eigenvalue weighted by Crippen LogP contribution is -2.29. The number of nitrogens with one attached hydrogen (secondary N) is 1. The molecule has 0 saturated carbocycles. The van der Waals surface area contributed by atoms with Crippen LogP contribution in [0.15, 0.2) is 0 Å². The van der Waals surface area contributed by atoms with Crippen LogP contribution in [-0.4, -0.2) is 38.0 Å². The van der Waals surface area contributed by atoms with E-state index >= 15 is 0 Å². The fourth-order valence-corrected chi connectivity index (χ4v) is 1.35. The fourth-order valence-electron chi connectivity index (χ4n) is 1.35. The Kier molecular flexibility index (Phi) is 2.27. The first-order valence-corrected chi connectivity index (χ1v) is 3.64. The van der Waals surface area contributed by atoms with Gasteiger partial charge < -0.3 is 10.2 Å². The van der Waals surface area contributed by atoms with E-state index in [1.54, 1.807) is 7.05 Å².